The van der Waals surface area contributed by atoms with Crippen molar-refractivity contribution in [3.8, 4) is 0 Å². The number of aldehydes is 1. The summed E-state index contributed by atoms with van der Waals surface area (Å²) in [5, 5.41) is 11.1. The molecule has 0 bridgehead atoms. The van der Waals surface area contributed by atoms with E-state index >= 15 is 0 Å². The maximum absolute atomic E-state index is 13.0. The molecule has 1 aliphatic heterocycles. The van der Waals surface area contributed by atoms with Crippen molar-refractivity contribution in [2.45, 2.75) is 19.6 Å². The Balaban J connectivity index is 1.79. The monoisotopic (exact) mass is 313 g/mol. The molecule has 1 unspecified atom stereocenters. The Bertz CT molecular complexity index is 747. The standard InChI is InChI=1S/C16H16FN5O/c1-11-8-12(2-7-15(11)18)9-21-16(10-23)22(20-19-21)14-5-3-13(17)4-6-14/h2-8,10,16H,9,18H2,1H3. The van der Waals surface area contributed by atoms with Crippen molar-refractivity contribution >= 4 is 17.7 Å². The molecule has 0 aliphatic carbocycles. The molecular formula is C16H16FN5O. The third-order valence-electron chi connectivity index (χ3n) is 3.70. The Morgan fingerprint density at radius 2 is 1.96 bits per heavy atom. The lowest BCUT2D eigenvalue weighted by Crippen LogP contribution is -2.39. The number of carbonyl (C=O) groups is 1. The highest BCUT2D eigenvalue weighted by atomic mass is 19.1. The number of rotatable bonds is 4. The van der Waals surface area contributed by atoms with Crippen LogP contribution in [0.3, 0.4) is 0 Å². The third-order valence-corrected chi connectivity index (χ3v) is 3.70. The molecule has 1 aliphatic rings. The number of benzene rings is 2. The number of nitrogens with two attached hydrogens (primary N) is 1. The van der Waals surface area contributed by atoms with E-state index in [-0.39, 0.29) is 5.82 Å². The van der Waals surface area contributed by atoms with E-state index in [1.165, 1.54) is 17.1 Å². The van der Waals surface area contributed by atoms with Crippen molar-refractivity contribution < 1.29 is 9.18 Å². The van der Waals surface area contributed by atoms with Crippen molar-refractivity contribution in [1.82, 2.24) is 5.01 Å². The van der Waals surface area contributed by atoms with Crippen LogP contribution in [0.15, 0.2) is 52.9 Å². The maximum atomic E-state index is 13.0. The minimum atomic E-state index is -0.668. The van der Waals surface area contributed by atoms with E-state index in [1.54, 1.807) is 17.1 Å². The predicted molar refractivity (Wildman–Crippen MR) is 84.7 cm³/mol. The SMILES string of the molecule is Cc1cc(CN2N=NN(c3ccc(F)cc3)C2C=O)ccc1N. The fourth-order valence-corrected chi connectivity index (χ4v) is 2.40. The number of nitrogens with zero attached hydrogens (tertiary/aromatic N) is 4. The molecule has 0 fully saturated rings. The lowest BCUT2D eigenvalue weighted by Gasteiger charge is -2.23. The molecule has 0 aromatic heterocycles. The Morgan fingerprint density at radius 1 is 1.22 bits per heavy atom. The van der Waals surface area contributed by atoms with E-state index in [9.17, 15) is 9.18 Å². The van der Waals surface area contributed by atoms with Gasteiger partial charge in [0.1, 0.15) is 5.82 Å². The summed E-state index contributed by atoms with van der Waals surface area (Å²) in [7, 11) is 0. The lowest BCUT2D eigenvalue weighted by atomic mass is 10.1. The number of aryl methyl sites for hydroxylation is 1. The van der Waals surface area contributed by atoms with E-state index in [4.69, 9.17) is 5.73 Å². The fourth-order valence-electron chi connectivity index (χ4n) is 2.40. The molecule has 7 heteroatoms. The fraction of sp³-hybridized carbons (Fsp3) is 0.188. The Kier molecular flexibility index (Phi) is 3.92. The van der Waals surface area contributed by atoms with Gasteiger partial charge in [0, 0.05) is 5.69 Å². The first kappa shape index (κ1) is 15.0. The maximum Gasteiger partial charge on any atom is 0.198 e. The molecule has 2 N–H and O–H groups in total. The van der Waals surface area contributed by atoms with Gasteiger partial charge in [0.05, 0.1) is 12.2 Å². The van der Waals surface area contributed by atoms with Gasteiger partial charge in [-0.25, -0.2) is 14.4 Å². The minimum Gasteiger partial charge on any atom is -0.399 e. The van der Waals surface area contributed by atoms with Crippen LogP contribution in [-0.4, -0.2) is 17.5 Å². The van der Waals surface area contributed by atoms with E-state index in [0.717, 1.165) is 23.1 Å². The van der Waals surface area contributed by atoms with Crippen LogP contribution in [0.25, 0.3) is 0 Å². The molecule has 6 nitrogen and oxygen atoms in total. The van der Waals surface area contributed by atoms with Crippen LogP contribution in [0.2, 0.25) is 0 Å². The van der Waals surface area contributed by atoms with Gasteiger partial charge in [0.15, 0.2) is 12.5 Å². The van der Waals surface area contributed by atoms with Gasteiger partial charge >= 0.3 is 0 Å². The molecule has 3 rings (SSSR count). The Labute approximate surface area is 133 Å². The molecule has 1 heterocycles. The second-order valence-corrected chi connectivity index (χ2v) is 5.34. The van der Waals surface area contributed by atoms with Crippen LogP contribution >= 0.6 is 0 Å². The highest BCUT2D eigenvalue weighted by molar-refractivity contribution is 5.65. The third kappa shape index (κ3) is 2.98. The zero-order chi connectivity index (χ0) is 16.4. The summed E-state index contributed by atoms with van der Waals surface area (Å²) in [5.41, 5.74) is 9.07. The summed E-state index contributed by atoms with van der Waals surface area (Å²) in [6, 6.07) is 11.4. The Morgan fingerprint density at radius 3 is 2.61 bits per heavy atom. The number of hydrogen-bond acceptors (Lipinski definition) is 6. The first-order valence-corrected chi connectivity index (χ1v) is 7.12. The molecule has 0 radical (unpaired) electrons. The van der Waals surface area contributed by atoms with Crippen molar-refractivity contribution in [1.29, 1.82) is 0 Å². The van der Waals surface area contributed by atoms with Crippen molar-refractivity contribution in [3.63, 3.8) is 0 Å². The summed E-state index contributed by atoms with van der Waals surface area (Å²) >= 11 is 0. The van der Waals surface area contributed by atoms with Crippen LogP contribution < -0.4 is 10.7 Å². The smallest absolute Gasteiger partial charge is 0.198 e. The highest BCUT2D eigenvalue weighted by Crippen LogP contribution is 2.26. The summed E-state index contributed by atoms with van der Waals surface area (Å²) in [5.74, 6) is -0.346. The summed E-state index contributed by atoms with van der Waals surface area (Å²) < 4.78 is 13.0. The van der Waals surface area contributed by atoms with Crippen molar-refractivity contribution in [3.05, 3.63) is 59.4 Å². The minimum absolute atomic E-state index is 0.346. The molecule has 0 saturated carbocycles. The first-order valence-electron chi connectivity index (χ1n) is 7.12. The average Bonchev–Trinajstić information content (AvgIpc) is 2.94. The van der Waals surface area contributed by atoms with Crippen LogP contribution in [0.4, 0.5) is 15.8 Å². The van der Waals surface area contributed by atoms with Gasteiger partial charge in [-0.15, -0.1) is 0 Å². The van der Waals surface area contributed by atoms with Crippen LogP contribution in [0.1, 0.15) is 11.1 Å². The van der Waals surface area contributed by atoms with Gasteiger partial charge in [-0.05, 0) is 53.6 Å². The number of halogens is 1. The second kappa shape index (κ2) is 6.04. The molecule has 118 valence electrons. The summed E-state index contributed by atoms with van der Waals surface area (Å²) in [6.07, 6.45) is 0.0892. The van der Waals surface area contributed by atoms with Gasteiger partial charge in [-0.1, -0.05) is 17.4 Å². The van der Waals surface area contributed by atoms with E-state index in [1.807, 2.05) is 25.1 Å². The van der Waals surface area contributed by atoms with Gasteiger partial charge < -0.3 is 5.73 Å². The van der Waals surface area contributed by atoms with E-state index in [2.05, 4.69) is 10.4 Å². The van der Waals surface area contributed by atoms with E-state index < -0.39 is 6.17 Å². The molecule has 1 atom stereocenters. The van der Waals surface area contributed by atoms with Crippen LogP contribution in [0.5, 0.6) is 0 Å². The van der Waals surface area contributed by atoms with Gasteiger partial charge in [-0.2, -0.15) is 0 Å². The van der Waals surface area contributed by atoms with Gasteiger partial charge in [0.25, 0.3) is 0 Å². The Hall–Kier alpha value is -2.96. The summed E-state index contributed by atoms with van der Waals surface area (Å²) in [4.78, 5) is 11.5. The zero-order valence-corrected chi connectivity index (χ0v) is 12.6. The molecular weight excluding hydrogens is 297 g/mol. The van der Waals surface area contributed by atoms with Crippen LogP contribution in [0, 0.1) is 12.7 Å². The zero-order valence-electron chi connectivity index (χ0n) is 12.6. The molecule has 23 heavy (non-hydrogen) atoms. The predicted octanol–water partition coefficient (Wildman–Crippen LogP) is 2.85. The molecule has 2 aromatic carbocycles. The van der Waals surface area contributed by atoms with Gasteiger partial charge in [0.2, 0.25) is 0 Å². The molecule has 0 spiro atoms. The highest BCUT2D eigenvalue weighted by Gasteiger charge is 2.30. The van der Waals surface area contributed by atoms with Crippen LogP contribution in [-0.2, 0) is 11.3 Å². The average molecular weight is 313 g/mol. The molecule has 0 saturated heterocycles. The largest absolute Gasteiger partial charge is 0.399 e. The topological polar surface area (TPSA) is 74.3 Å². The first-order chi connectivity index (χ1) is 11.1. The van der Waals surface area contributed by atoms with E-state index in [0.29, 0.717) is 12.2 Å². The van der Waals surface area contributed by atoms with Crippen molar-refractivity contribution in [2.75, 3.05) is 10.7 Å². The second-order valence-electron chi connectivity index (χ2n) is 5.34. The van der Waals surface area contributed by atoms with Crippen molar-refractivity contribution in [2.24, 2.45) is 10.4 Å². The molecule has 2 aromatic rings. The quantitative estimate of drug-likeness (QED) is 0.696. The van der Waals surface area contributed by atoms with Gasteiger partial charge in [-0.3, -0.25) is 4.79 Å². The number of anilines is 2. The number of nitrogen functional groups attached to an aromatic ring is 1. The molecule has 0 amide bonds. The number of hydrogen-bond donors (Lipinski definition) is 1. The lowest BCUT2D eigenvalue weighted by molar-refractivity contribution is -0.111. The summed E-state index contributed by atoms with van der Waals surface area (Å²) in [6.45, 7) is 2.35. The number of carbonyl (C=O) groups excluding carboxylic acids is 1. The normalized spacial score (nSPS) is 16.9.